The van der Waals surface area contributed by atoms with Crippen molar-refractivity contribution >= 4 is 10.9 Å². The third-order valence-corrected chi connectivity index (χ3v) is 9.81. The van der Waals surface area contributed by atoms with Crippen molar-refractivity contribution < 1.29 is 9.47 Å². The Morgan fingerprint density at radius 2 is 1.02 bits per heavy atom. The van der Waals surface area contributed by atoms with E-state index in [1.165, 1.54) is 27.8 Å². The molecule has 4 nitrogen and oxygen atoms in total. The minimum Gasteiger partial charge on any atom is -0.449 e. The van der Waals surface area contributed by atoms with Gasteiger partial charge in [-0.3, -0.25) is 0 Å². The molecule has 0 amide bonds. The van der Waals surface area contributed by atoms with Crippen LogP contribution in [0.2, 0.25) is 0 Å². The molecule has 8 aromatic rings. The van der Waals surface area contributed by atoms with E-state index in [1.54, 1.807) is 0 Å². The Morgan fingerprint density at radius 1 is 0.408 bits per heavy atom. The molecule has 0 saturated carbocycles. The third kappa shape index (κ3) is 4.17. The molecule has 0 N–H and O–H groups in total. The number of aromatic nitrogens is 2. The highest BCUT2D eigenvalue weighted by molar-refractivity contribution is 5.94. The lowest BCUT2D eigenvalue weighted by atomic mass is 9.67. The predicted molar refractivity (Wildman–Crippen MR) is 194 cm³/mol. The number of benzene rings is 7. The molecule has 0 spiro atoms. The molecule has 0 unspecified atom stereocenters. The predicted octanol–water partition coefficient (Wildman–Crippen LogP) is 11.2. The van der Waals surface area contributed by atoms with Crippen LogP contribution >= 0.6 is 0 Å². The second kappa shape index (κ2) is 10.8. The average Bonchev–Trinajstić information content (AvgIpc) is 3.46. The lowest BCUT2D eigenvalue weighted by Crippen LogP contribution is -2.28. The number of fused-ring (bicyclic) bond motifs is 6. The van der Waals surface area contributed by atoms with Crippen molar-refractivity contribution in [1.82, 2.24) is 9.97 Å². The Morgan fingerprint density at radius 3 is 1.80 bits per heavy atom. The maximum Gasteiger partial charge on any atom is 0.170 e. The summed E-state index contributed by atoms with van der Waals surface area (Å²) < 4.78 is 13.4. The van der Waals surface area contributed by atoms with E-state index in [0.29, 0.717) is 28.8 Å². The summed E-state index contributed by atoms with van der Waals surface area (Å²) in [6, 6.07) is 58.9. The minimum atomic E-state index is -0.525. The zero-order valence-corrected chi connectivity index (χ0v) is 26.4. The maximum atomic E-state index is 6.79. The summed E-state index contributed by atoms with van der Waals surface area (Å²) in [6.45, 7) is 0. The fourth-order valence-electron chi connectivity index (χ4n) is 7.68. The van der Waals surface area contributed by atoms with Gasteiger partial charge in [0, 0.05) is 16.5 Å². The van der Waals surface area contributed by atoms with Gasteiger partial charge in [-0.25, -0.2) is 9.97 Å². The van der Waals surface area contributed by atoms with E-state index in [9.17, 15) is 0 Å². The van der Waals surface area contributed by atoms with Crippen LogP contribution < -0.4 is 9.47 Å². The van der Waals surface area contributed by atoms with E-state index < -0.39 is 5.41 Å². The molecule has 1 aliphatic carbocycles. The van der Waals surface area contributed by atoms with Crippen molar-refractivity contribution in [3.05, 3.63) is 192 Å². The summed E-state index contributed by atoms with van der Waals surface area (Å²) in [6.07, 6.45) is 0. The molecule has 1 aliphatic heterocycles. The van der Waals surface area contributed by atoms with Crippen molar-refractivity contribution in [1.29, 1.82) is 0 Å². The summed E-state index contributed by atoms with van der Waals surface area (Å²) in [7, 11) is 0. The van der Waals surface area contributed by atoms with Gasteiger partial charge in [-0.1, -0.05) is 133 Å². The van der Waals surface area contributed by atoms with Crippen LogP contribution in [-0.4, -0.2) is 9.97 Å². The first kappa shape index (κ1) is 27.6. The summed E-state index contributed by atoms with van der Waals surface area (Å²) in [5.41, 5.74) is 10.3. The zero-order valence-electron chi connectivity index (χ0n) is 26.4. The van der Waals surface area contributed by atoms with Gasteiger partial charge in [0.05, 0.1) is 16.6 Å². The quantitative estimate of drug-likeness (QED) is 0.195. The Bertz CT molecular complexity index is 2510. The molecule has 2 aliphatic rings. The van der Waals surface area contributed by atoms with E-state index in [4.69, 9.17) is 19.4 Å². The topological polar surface area (TPSA) is 44.2 Å². The normalized spacial score (nSPS) is 13.4. The summed E-state index contributed by atoms with van der Waals surface area (Å²) in [4.78, 5) is 9.98. The molecule has 0 bridgehead atoms. The molecule has 2 heterocycles. The van der Waals surface area contributed by atoms with Crippen LogP contribution in [0.4, 0.5) is 0 Å². The molecule has 0 fully saturated rings. The van der Waals surface area contributed by atoms with Crippen LogP contribution in [0.1, 0.15) is 22.3 Å². The van der Waals surface area contributed by atoms with E-state index in [0.717, 1.165) is 33.3 Å². The molecule has 0 atom stereocenters. The second-order valence-corrected chi connectivity index (χ2v) is 12.5. The molecule has 49 heavy (non-hydrogen) atoms. The Hall–Kier alpha value is -6.52. The highest BCUT2D eigenvalue weighted by atomic mass is 16.6. The average molecular weight is 629 g/mol. The molecular weight excluding hydrogens is 601 g/mol. The first-order valence-corrected chi connectivity index (χ1v) is 16.5. The number of hydrogen-bond acceptors (Lipinski definition) is 4. The highest BCUT2D eigenvalue weighted by Gasteiger charge is 2.47. The van der Waals surface area contributed by atoms with Crippen LogP contribution in [-0.2, 0) is 5.41 Å². The first-order valence-electron chi connectivity index (χ1n) is 16.5. The molecule has 7 aromatic carbocycles. The lowest BCUT2D eigenvalue weighted by Gasteiger charge is -2.34. The van der Waals surface area contributed by atoms with Gasteiger partial charge in [-0.05, 0) is 69.8 Å². The van der Waals surface area contributed by atoms with Gasteiger partial charge in [-0.15, -0.1) is 0 Å². The summed E-state index contributed by atoms with van der Waals surface area (Å²) in [5.74, 6) is 3.38. The lowest BCUT2D eigenvalue weighted by molar-refractivity contribution is 0.359. The number of rotatable bonds is 4. The third-order valence-electron chi connectivity index (χ3n) is 9.81. The van der Waals surface area contributed by atoms with Crippen molar-refractivity contribution in [3.63, 3.8) is 0 Å². The van der Waals surface area contributed by atoms with Crippen molar-refractivity contribution in [2.24, 2.45) is 0 Å². The fourth-order valence-corrected chi connectivity index (χ4v) is 7.68. The Kier molecular flexibility index (Phi) is 6.06. The smallest absolute Gasteiger partial charge is 0.170 e. The molecule has 0 radical (unpaired) electrons. The zero-order chi connectivity index (χ0) is 32.4. The summed E-state index contributed by atoms with van der Waals surface area (Å²) in [5, 5.41) is 0.977. The number of ether oxygens (including phenoxy) is 2. The molecule has 230 valence electrons. The molecule has 0 saturated heterocycles. The van der Waals surface area contributed by atoms with E-state index in [-0.39, 0.29) is 0 Å². The van der Waals surface area contributed by atoms with Crippen molar-refractivity contribution in [2.75, 3.05) is 0 Å². The van der Waals surface area contributed by atoms with E-state index in [2.05, 4.69) is 109 Å². The maximum absolute atomic E-state index is 6.79. The first-order chi connectivity index (χ1) is 24.3. The van der Waals surface area contributed by atoms with Crippen LogP contribution in [0.3, 0.4) is 0 Å². The molecule has 4 heteroatoms. The second-order valence-electron chi connectivity index (χ2n) is 12.5. The molecular formula is C45H28N2O2. The summed E-state index contributed by atoms with van der Waals surface area (Å²) >= 11 is 0. The van der Waals surface area contributed by atoms with Crippen LogP contribution in [0.15, 0.2) is 170 Å². The van der Waals surface area contributed by atoms with Crippen LogP contribution in [0.25, 0.3) is 44.7 Å². The largest absolute Gasteiger partial charge is 0.449 e. The van der Waals surface area contributed by atoms with Gasteiger partial charge in [0.15, 0.2) is 28.8 Å². The fraction of sp³-hybridized carbons (Fsp3) is 0.0222. The SMILES string of the molecule is c1ccc(-c2nc(-c3ccc4c(c3)Oc3cc5c(cc3O4)-c3ccccc3C5(c3ccccc3)c3ccccc3)c3ccccc3n2)cc1. The number of para-hydroxylation sites is 1. The Balaban J connectivity index is 1.14. The van der Waals surface area contributed by atoms with E-state index in [1.807, 2.05) is 60.7 Å². The standard InChI is InChI=1S/C45H28N2O2/c1-4-14-29(15-5-1)44-46-38-23-13-11-21-34(38)43(47-44)30-24-25-39-40(26-30)49-42-28-37-35(27-41(42)48-39)33-20-10-12-22-36(33)45(37,31-16-6-2-7-17-31)32-18-8-3-9-19-32/h1-28H. The molecule has 1 aromatic heterocycles. The monoisotopic (exact) mass is 628 g/mol. The highest BCUT2D eigenvalue weighted by Crippen LogP contribution is 2.59. The van der Waals surface area contributed by atoms with E-state index >= 15 is 0 Å². The van der Waals surface area contributed by atoms with Crippen molar-refractivity contribution in [3.8, 4) is 56.8 Å². The number of hydrogen-bond donors (Lipinski definition) is 0. The minimum absolute atomic E-state index is 0.525. The van der Waals surface area contributed by atoms with Gasteiger partial charge in [0.25, 0.3) is 0 Å². The van der Waals surface area contributed by atoms with Gasteiger partial charge >= 0.3 is 0 Å². The van der Waals surface area contributed by atoms with Gasteiger partial charge in [0.1, 0.15) is 0 Å². The van der Waals surface area contributed by atoms with Gasteiger partial charge in [-0.2, -0.15) is 0 Å². The van der Waals surface area contributed by atoms with Gasteiger partial charge in [0.2, 0.25) is 0 Å². The van der Waals surface area contributed by atoms with Crippen LogP contribution in [0, 0.1) is 0 Å². The van der Waals surface area contributed by atoms with Gasteiger partial charge < -0.3 is 9.47 Å². The number of nitrogens with zero attached hydrogens (tertiary/aromatic N) is 2. The molecule has 10 rings (SSSR count). The van der Waals surface area contributed by atoms with Crippen molar-refractivity contribution in [2.45, 2.75) is 5.41 Å². The van der Waals surface area contributed by atoms with Crippen LogP contribution in [0.5, 0.6) is 23.0 Å². The Labute approximate surface area is 283 Å².